The van der Waals surface area contributed by atoms with E-state index in [-0.39, 0.29) is 0 Å². The first-order chi connectivity index (χ1) is 12.3. The van der Waals surface area contributed by atoms with Gasteiger partial charge in [0.1, 0.15) is 5.82 Å². The maximum Gasteiger partial charge on any atom is 0.124 e. The zero-order valence-corrected chi connectivity index (χ0v) is 15.2. The Hall–Kier alpha value is -1.84. The zero-order valence-electron chi connectivity index (χ0n) is 14.4. The smallest absolute Gasteiger partial charge is 0.124 e. The predicted molar refractivity (Wildman–Crippen MR) is 104 cm³/mol. The first-order valence-corrected chi connectivity index (χ1v) is 9.66. The van der Waals surface area contributed by atoms with Crippen LogP contribution in [0.25, 0.3) is 11.0 Å². The van der Waals surface area contributed by atoms with Gasteiger partial charge in [0.15, 0.2) is 0 Å². The molecule has 3 nitrogen and oxygen atoms in total. The highest BCUT2D eigenvalue weighted by Crippen LogP contribution is 2.24. The third kappa shape index (κ3) is 3.58. The SMILES string of the molecule is ClCc1nc2ccccc2n1C[C@@H]1CCCCN1Cc1ccccc1. The summed E-state index contributed by atoms with van der Waals surface area (Å²) in [5.74, 6) is 1.44. The number of alkyl halides is 1. The Morgan fingerprint density at radius 2 is 1.80 bits per heavy atom. The van der Waals surface area contributed by atoms with Crippen molar-refractivity contribution in [2.45, 2.75) is 44.3 Å². The minimum atomic E-state index is 0.458. The second kappa shape index (κ2) is 7.59. The van der Waals surface area contributed by atoms with Gasteiger partial charge >= 0.3 is 0 Å². The number of halogens is 1. The van der Waals surface area contributed by atoms with Crippen LogP contribution in [0.5, 0.6) is 0 Å². The molecule has 2 aromatic carbocycles. The number of fused-ring (bicyclic) bond motifs is 1. The van der Waals surface area contributed by atoms with Crippen LogP contribution in [0.2, 0.25) is 0 Å². The van der Waals surface area contributed by atoms with Crippen LogP contribution in [-0.4, -0.2) is 27.0 Å². The lowest BCUT2D eigenvalue weighted by Crippen LogP contribution is -2.41. The fourth-order valence-corrected chi connectivity index (χ4v) is 4.14. The molecule has 1 saturated heterocycles. The molecule has 1 fully saturated rings. The standard InChI is InChI=1S/C21H24ClN3/c22-14-21-23-19-11-4-5-12-20(19)25(21)16-18-10-6-7-13-24(18)15-17-8-2-1-3-9-17/h1-5,8-9,11-12,18H,6-7,10,13-16H2/t18-/m0/s1. The number of hydrogen-bond donors (Lipinski definition) is 0. The highest BCUT2D eigenvalue weighted by molar-refractivity contribution is 6.16. The minimum Gasteiger partial charge on any atom is -0.325 e. The maximum atomic E-state index is 6.19. The molecule has 0 bridgehead atoms. The van der Waals surface area contributed by atoms with Gasteiger partial charge in [0, 0.05) is 19.1 Å². The first kappa shape index (κ1) is 16.6. The van der Waals surface area contributed by atoms with Crippen molar-refractivity contribution < 1.29 is 0 Å². The van der Waals surface area contributed by atoms with Gasteiger partial charge in [0.05, 0.1) is 16.9 Å². The highest BCUT2D eigenvalue weighted by Gasteiger charge is 2.24. The number of benzene rings is 2. The summed E-state index contributed by atoms with van der Waals surface area (Å²) in [7, 11) is 0. The van der Waals surface area contributed by atoms with E-state index in [9.17, 15) is 0 Å². The number of para-hydroxylation sites is 2. The molecule has 3 aromatic rings. The summed E-state index contributed by atoms with van der Waals surface area (Å²) in [5, 5.41) is 0. The summed E-state index contributed by atoms with van der Waals surface area (Å²) in [6.45, 7) is 3.16. The van der Waals surface area contributed by atoms with E-state index in [1.165, 1.54) is 36.9 Å². The second-order valence-corrected chi connectivity index (χ2v) is 7.13. The van der Waals surface area contributed by atoms with Crippen molar-refractivity contribution in [3.8, 4) is 0 Å². The average molecular weight is 354 g/mol. The number of hydrogen-bond acceptors (Lipinski definition) is 2. The Bertz CT molecular complexity index is 828. The van der Waals surface area contributed by atoms with Crippen molar-refractivity contribution in [3.63, 3.8) is 0 Å². The lowest BCUT2D eigenvalue weighted by atomic mass is 10.0. The molecule has 0 saturated carbocycles. The van der Waals surface area contributed by atoms with Gasteiger partial charge in [-0.1, -0.05) is 48.9 Å². The van der Waals surface area contributed by atoms with Crippen LogP contribution in [0.1, 0.15) is 30.7 Å². The predicted octanol–water partition coefficient (Wildman–Crippen LogP) is 4.83. The first-order valence-electron chi connectivity index (χ1n) is 9.13. The van der Waals surface area contributed by atoms with Gasteiger partial charge in [-0.15, -0.1) is 11.6 Å². The van der Waals surface area contributed by atoms with Gasteiger partial charge in [-0.2, -0.15) is 0 Å². The largest absolute Gasteiger partial charge is 0.325 e. The van der Waals surface area contributed by atoms with Crippen molar-refractivity contribution in [3.05, 3.63) is 66.0 Å². The van der Waals surface area contributed by atoms with E-state index in [2.05, 4.69) is 58.0 Å². The molecule has 1 aromatic heterocycles. The van der Waals surface area contributed by atoms with Crippen molar-refractivity contribution in [2.75, 3.05) is 6.54 Å². The quantitative estimate of drug-likeness (QED) is 0.612. The van der Waals surface area contributed by atoms with E-state index >= 15 is 0 Å². The summed E-state index contributed by atoms with van der Waals surface area (Å²) in [6, 6.07) is 19.7. The molecule has 0 radical (unpaired) electrons. The average Bonchev–Trinajstić information content (AvgIpc) is 3.02. The van der Waals surface area contributed by atoms with Gasteiger partial charge in [-0.25, -0.2) is 4.98 Å². The van der Waals surface area contributed by atoms with Crippen molar-refractivity contribution in [1.82, 2.24) is 14.5 Å². The highest BCUT2D eigenvalue weighted by atomic mass is 35.5. The molecule has 0 amide bonds. The van der Waals surface area contributed by atoms with Crippen molar-refractivity contribution in [1.29, 1.82) is 0 Å². The normalized spacial score (nSPS) is 18.7. The molecule has 0 spiro atoms. The number of rotatable bonds is 5. The Labute approximate surface area is 154 Å². The molecule has 25 heavy (non-hydrogen) atoms. The number of aromatic nitrogens is 2. The topological polar surface area (TPSA) is 21.1 Å². The fourth-order valence-electron chi connectivity index (χ4n) is 3.93. The monoisotopic (exact) mass is 353 g/mol. The molecular formula is C21H24ClN3. The van der Waals surface area contributed by atoms with Crippen molar-refractivity contribution >= 4 is 22.6 Å². The number of imidazole rings is 1. The lowest BCUT2D eigenvalue weighted by molar-refractivity contribution is 0.125. The van der Waals surface area contributed by atoms with Crippen LogP contribution in [0.15, 0.2) is 54.6 Å². The van der Waals surface area contributed by atoms with Crippen LogP contribution in [0, 0.1) is 0 Å². The molecule has 1 atom stereocenters. The minimum absolute atomic E-state index is 0.458. The number of nitrogens with zero attached hydrogens (tertiary/aromatic N) is 3. The molecule has 0 unspecified atom stereocenters. The van der Waals surface area contributed by atoms with Gasteiger partial charge in [-0.05, 0) is 37.1 Å². The Kier molecular flexibility index (Phi) is 5.04. The van der Waals surface area contributed by atoms with E-state index in [0.29, 0.717) is 11.9 Å². The summed E-state index contributed by atoms with van der Waals surface area (Å²) in [5.41, 5.74) is 3.63. The van der Waals surface area contributed by atoms with Crippen molar-refractivity contribution in [2.24, 2.45) is 0 Å². The molecular weight excluding hydrogens is 330 g/mol. The molecule has 0 aliphatic carbocycles. The van der Waals surface area contributed by atoms with Gasteiger partial charge in [0.2, 0.25) is 0 Å². The summed E-state index contributed by atoms with van der Waals surface area (Å²) < 4.78 is 2.33. The molecule has 130 valence electrons. The van der Waals surface area contributed by atoms with Gasteiger partial charge in [-0.3, -0.25) is 4.90 Å². The molecule has 4 rings (SSSR count). The van der Waals surface area contributed by atoms with Crippen LogP contribution < -0.4 is 0 Å². The van der Waals surface area contributed by atoms with Crippen LogP contribution >= 0.6 is 11.6 Å². The van der Waals surface area contributed by atoms with Crippen LogP contribution in [0.3, 0.4) is 0 Å². The van der Waals surface area contributed by atoms with E-state index in [1.54, 1.807) is 0 Å². The molecule has 1 aliphatic rings. The number of likely N-dealkylation sites (tertiary alicyclic amines) is 1. The third-order valence-corrected chi connectivity index (χ3v) is 5.46. The molecule has 4 heteroatoms. The Morgan fingerprint density at radius 1 is 1.00 bits per heavy atom. The molecule has 2 heterocycles. The fraction of sp³-hybridized carbons (Fsp3) is 0.381. The Morgan fingerprint density at radius 3 is 2.64 bits per heavy atom. The molecule has 0 N–H and O–H groups in total. The summed E-state index contributed by atoms with van der Waals surface area (Å²) in [4.78, 5) is 7.35. The van der Waals surface area contributed by atoms with E-state index < -0.39 is 0 Å². The van der Waals surface area contributed by atoms with Crippen LogP contribution in [-0.2, 0) is 19.0 Å². The van der Waals surface area contributed by atoms with Gasteiger partial charge < -0.3 is 4.57 Å². The zero-order chi connectivity index (χ0) is 17.1. The Balaban J connectivity index is 1.59. The number of piperidine rings is 1. The van der Waals surface area contributed by atoms with Crippen LogP contribution in [0.4, 0.5) is 0 Å². The third-order valence-electron chi connectivity index (χ3n) is 5.22. The molecule has 1 aliphatic heterocycles. The van der Waals surface area contributed by atoms with E-state index in [0.717, 1.165) is 24.4 Å². The van der Waals surface area contributed by atoms with E-state index in [1.807, 2.05) is 6.07 Å². The summed E-state index contributed by atoms with van der Waals surface area (Å²) >= 11 is 6.19. The van der Waals surface area contributed by atoms with Gasteiger partial charge in [0.25, 0.3) is 0 Å². The maximum absolute atomic E-state index is 6.19. The lowest BCUT2D eigenvalue weighted by Gasteiger charge is -2.36. The summed E-state index contributed by atoms with van der Waals surface area (Å²) in [6.07, 6.45) is 3.83. The second-order valence-electron chi connectivity index (χ2n) is 6.87. The van der Waals surface area contributed by atoms with E-state index in [4.69, 9.17) is 16.6 Å².